The average molecular weight is 671 g/mol. The van der Waals surface area contributed by atoms with Gasteiger partial charge in [-0.2, -0.15) is 0 Å². The Labute approximate surface area is 307 Å². The van der Waals surface area contributed by atoms with Gasteiger partial charge >= 0.3 is 0 Å². The maximum absolute atomic E-state index is 4.60. The molecule has 2 nitrogen and oxygen atoms in total. The van der Waals surface area contributed by atoms with Crippen LogP contribution in [0.25, 0.3) is 44.9 Å². The van der Waals surface area contributed by atoms with E-state index >= 15 is 0 Å². The van der Waals surface area contributed by atoms with E-state index in [1.807, 2.05) is 0 Å². The molecule has 1 fully saturated rings. The summed E-state index contributed by atoms with van der Waals surface area (Å²) in [4.78, 5) is 2.25. The molecule has 0 bridgehead atoms. The number of hydrogen-bond donors (Lipinski definition) is 0. The highest BCUT2D eigenvalue weighted by Crippen LogP contribution is 2.48. The summed E-state index contributed by atoms with van der Waals surface area (Å²) in [6, 6.07) is 42.2. The zero-order valence-electron chi connectivity index (χ0n) is 29.7. The SMILES string of the molecule is C=C1/C=C\C=C/N(c2ccccc2)/C=C(/c2ccc(-c3ccc4c(c3)c3c(n4-c4ccccc4)C=CCC3)cc2C)c2c(cccc2C2CC2)C1=C. The van der Waals surface area contributed by atoms with Crippen molar-refractivity contribution < 1.29 is 0 Å². The highest BCUT2D eigenvalue weighted by atomic mass is 15.1. The normalized spacial score (nSPS) is 17.9. The molecule has 5 aromatic carbocycles. The largest absolute Gasteiger partial charge is 0.323 e. The maximum Gasteiger partial charge on any atom is 0.0538 e. The molecule has 0 radical (unpaired) electrons. The van der Waals surface area contributed by atoms with E-state index in [4.69, 9.17) is 0 Å². The quantitative estimate of drug-likeness (QED) is 0.177. The number of benzene rings is 5. The lowest BCUT2D eigenvalue weighted by molar-refractivity contribution is 0.967. The van der Waals surface area contributed by atoms with Gasteiger partial charge in [-0.3, -0.25) is 0 Å². The Kier molecular flexibility index (Phi) is 8.09. The van der Waals surface area contributed by atoms with Gasteiger partial charge in [0.2, 0.25) is 0 Å². The molecule has 52 heavy (non-hydrogen) atoms. The van der Waals surface area contributed by atoms with Crippen LogP contribution in [0, 0.1) is 6.92 Å². The highest BCUT2D eigenvalue weighted by Gasteiger charge is 2.30. The standard InChI is InChI=1S/C50H42N2/c1-34-15-12-13-30-51(40-16-6-4-7-17-40)33-47(50-43(36(34)3)21-14-22-44(50)37-24-25-37)42-28-26-38(31-35(42)2)39-27-29-49-46(32-39)45-20-10-11-23-48(45)52(49)41-18-8-5-9-19-41/h4-9,11-19,21-23,26-33,37H,1,3,10,20,24-25H2,2H3/b15-12-,30-13-,47-33-. The van der Waals surface area contributed by atoms with E-state index in [0.717, 1.165) is 35.2 Å². The molecule has 0 amide bonds. The third kappa shape index (κ3) is 5.71. The minimum absolute atomic E-state index is 0.552. The minimum atomic E-state index is 0.552. The van der Waals surface area contributed by atoms with Crippen molar-refractivity contribution in [2.24, 2.45) is 0 Å². The van der Waals surface area contributed by atoms with Crippen LogP contribution in [0.4, 0.5) is 5.69 Å². The van der Waals surface area contributed by atoms with Crippen LogP contribution in [0.1, 0.15) is 64.3 Å². The van der Waals surface area contributed by atoms with Crippen molar-refractivity contribution in [3.05, 3.63) is 210 Å². The molecular weight excluding hydrogens is 629 g/mol. The molecule has 1 saturated carbocycles. The Morgan fingerprint density at radius 3 is 2.21 bits per heavy atom. The zero-order valence-corrected chi connectivity index (χ0v) is 29.7. The van der Waals surface area contributed by atoms with Crippen molar-refractivity contribution in [2.75, 3.05) is 4.90 Å². The van der Waals surface area contributed by atoms with Crippen molar-refractivity contribution in [2.45, 2.75) is 38.5 Å². The second-order valence-electron chi connectivity index (χ2n) is 14.3. The maximum atomic E-state index is 4.60. The molecule has 0 saturated heterocycles. The van der Waals surface area contributed by atoms with Crippen LogP contribution < -0.4 is 4.90 Å². The number of rotatable bonds is 5. The van der Waals surface area contributed by atoms with Crippen molar-refractivity contribution in [1.29, 1.82) is 0 Å². The minimum Gasteiger partial charge on any atom is -0.323 e. The van der Waals surface area contributed by atoms with Crippen LogP contribution in [0.15, 0.2) is 171 Å². The van der Waals surface area contributed by atoms with Crippen LogP contribution in [0.5, 0.6) is 0 Å². The predicted molar refractivity (Wildman–Crippen MR) is 222 cm³/mol. The Hall–Kier alpha value is -6.12. The number of anilines is 1. The Morgan fingerprint density at radius 2 is 1.44 bits per heavy atom. The molecule has 1 aliphatic heterocycles. The van der Waals surface area contributed by atoms with Crippen LogP contribution >= 0.6 is 0 Å². The number of para-hydroxylation sites is 2. The monoisotopic (exact) mass is 670 g/mol. The first-order valence-corrected chi connectivity index (χ1v) is 18.5. The molecule has 2 heteroatoms. The molecule has 6 aromatic rings. The molecule has 0 atom stereocenters. The van der Waals surface area contributed by atoms with Crippen molar-refractivity contribution >= 4 is 33.8 Å². The molecule has 0 spiro atoms. The van der Waals surface area contributed by atoms with E-state index in [1.165, 1.54) is 79.6 Å². The molecule has 0 unspecified atom stereocenters. The number of allylic oxidation sites excluding steroid dienone is 6. The third-order valence-electron chi connectivity index (χ3n) is 10.9. The van der Waals surface area contributed by atoms with Gasteiger partial charge in [-0.15, -0.1) is 0 Å². The van der Waals surface area contributed by atoms with Crippen molar-refractivity contribution in [3.8, 4) is 16.8 Å². The van der Waals surface area contributed by atoms with Crippen LogP contribution in [-0.2, 0) is 6.42 Å². The molecule has 3 aliphatic rings. The molecule has 2 heterocycles. The van der Waals surface area contributed by atoms with E-state index in [2.05, 4.69) is 188 Å². The van der Waals surface area contributed by atoms with Gasteiger partial charge in [0, 0.05) is 40.4 Å². The summed E-state index contributed by atoms with van der Waals surface area (Å²) in [7, 11) is 0. The van der Waals surface area contributed by atoms with Gasteiger partial charge in [-0.05, 0) is 143 Å². The van der Waals surface area contributed by atoms with E-state index in [-0.39, 0.29) is 0 Å². The highest BCUT2D eigenvalue weighted by molar-refractivity contribution is 5.96. The molecule has 9 rings (SSSR count). The third-order valence-corrected chi connectivity index (χ3v) is 10.9. The second-order valence-corrected chi connectivity index (χ2v) is 14.3. The lowest BCUT2D eigenvalue weighted by Crippen LogP contribution is -2.10. The Balaban J connectivity index is 1.21. The van der Waals surface area contributed by atoms with E-state index in [0.29, 0.717) is 5.92 Å². The molecule has 252 valence electrons. The van der Waals surface area contributed by atoms with Gasteiger partial charge in [0.05, 0.1) is 5.52 Å². The predicted octanol–water partition coefficient (Wildman–Crippen LogP) is 13.0. The fourth-order valence-corrected chi connectivity index (χ4v) is 8.07. The number of nitrogens with zero attached hydrogens (tertiary/aromatic N) is 2. The molecule has 1 aromatic heterocycles. The van der Waals surface area contributed by atoms with Gasteiger partial charge in [0.25, 0.3) is 0 Å². The molecule has 2 aliphatic carbocycles. The summed E-state index contributed by atoms with van der Waals surface area (Å²) < 4.78 is 2.42. The molecule has 0 N–H and O–H groups in total. The topological polar surface area (TPSA) is 8.17 Å². The zero-order chi connectivity index (χ0) is 35.2. The number of hydrogen-bond acceptors (Lipinski definition) is 1. The second kappa shape index (κ2) is 13.2. The first kappa shape index (κ1) is 31.8. The molecular formula is C50H42N2. The van der Waals surface area contributed by atoms with Gasteiger partial charge in [-0.25, -0.2) is 0 Å². The van der Waals surface area contributed by atoms with Crippen molar-refractivity contribution in [1.82, 2.24) is 4.57 Å². The van der Waals surface area contributed by atoms with Gasteiger partial charge < -0.3 is 9.47 Å². The Morgan fingerprint density at radius 1 is 0.692 bits per heavy atom. The summed E-state index contributed by atoms with van der Waals surface area (Å²) >= 11 is 0. The lowest BCUT2D eigenvalue weighted by Gasteiger charge is -2.24. The summed E-state index contributed by atoms with van der Waals surface area (Å²) in [6.45, 7) is 11.3. The average Bonchev–Trinajstić information content (AvgIpc) is 3.99. The van der Waals surface area contributed by atoms with Crippen LogP contribution in [-0.4, -0.2) is 4.57 Å². The smallest absolute Gasteiger partial charge is 0.0538 e. The number of fused-ring (bicyclic) bond motifs is 4. The fourth-order valence-electron chi connectivity index (χ4n) is 8.07. The van der Waals surface area contributed by atoms with E-state index in [1.54, 1.807) is 0 Å². The summed E-state index contributed by atoms with van der Waals surface area (Å²) in [6.07, 6.45) is 19.9. The first-order chi connectivity index (χ1) is 25.5. The van der Waals surface area contributed by atoms with Crippen LogP contribution in [0.3, 0.4) is 0 Å². The number of aryl methyl sites for hydroxylation is 2. The van der Waals surface area contributed by atoms with Crippen LogP contribution in [0.2, 0.25) is 0 Å². The first-order valence-electron chi connectivity index (χ1n) is 18.5. The lowest BCUT2D eigenvalue weighted by atomic mass is 9.83. The Bertz CT molecular complexity index is 2500. The van der Waals surface area contributed by atoms with Crippen molar-refractivity contribution in [3.63, 3.8) is 0 Å². The summed E-state index contributed by atoms with van der Waals surface area (Å²) in [5, 5.41) is 1.34. The summed E-state index contributed by atoms with van der Waals surface area (Å²) in [5.41, 5.74) is 18.1. The number of aromatic nitrogens is 1. The fraction of sp³-hybridized carbons (Fsp3) is 0.120. The van der Waals surface area contributed by atoms with Gasteiger partial charge in [0.15, 0.2) is 0 Å². The van der Waals surface area contributed by atoms with E-state index in [9.17, 15) is 0 Å². The summed E-state index contributed by atoms with van der Waals surface area (Å²) in [5.74, 6) is 0.552. The van der Waals surface area contributed by atoms with Gasteiger partial charge in [-0.1, -0.05) is 110 Å². The van der Waals surface area contributed by atoms with E-state index < -0.39 is 0 Å². The van der Waals surface area contributed by atoms with Gasteiger partial charge in [0.1, 0.15) is 0 Å².